The Morgan fingerprint density at radius 3 is 1.94 bits per heavy atom. The van der Waals surface area contributed by atoms with Crippen molar-refractivity contribution < 1.29 is 0 Å². The van der Waals surface area contributed by atoms with Crippen LogP contribution in [0.25, 0.3) is 0 Å². The van der Waals surface area contributed by atoms with Crippen LogP contribution in [0.15, 0.2) is 42.6 Å². The molecule has 90 valence electrons. The summed E-state index contributed by atoms with van der Waals surface area (Å²) in [5.74, 6) is 0.423. The van der Waals surface area contributed by atoms with Crippen LogP contribution in [0, 0.1) is 13.8 Å². The van der Waals surface area contributed by atoms with Crippen LogP contribution < -0.4 is 0 Å². The fraction of sp³-hybridized carbons (Fsp3) is 0.214. The van der Waals surface area contributed by atoms with Crippen molar-refractivity contribution >= 4 is 23.2 Å². The van der Waals surface area contributed by atoms with Crippen LogP contribution in [0.5, 0.6) is 0 Å². The molecule has 0 aliphatic heterocycles. The maximum Gasteiger partial charge on any atom is 0.133 e. The molecule has 0 atom stereocenters. The second kappa shape index (κ2) is 7.31. The van der Waals surface area contributed by atoms with Gasteiger partial charge < -0.3 is 0 Å². The zero-order valence-corrected chi connectivity index (χ0v) is 11.5. The van der Waals surface area contributed by atoms with Crippen LogP contribution in [0.1, 0.15) is 16.7 Å². The third-order valence-electron chi connectivity index (χ3n) is 2.41. The number of pyridine rings is 1. The second-order valence-electron chi connectivity index (χ2n) is 3.67. The van der Waals surface area contributed by atoms with Gasteiger partial charge in [0.15, 0.2) is 0 Å². The quantitative estimate of drug-likeness (QED) is 0.536. The van der Waals surface area contributed by atoms with E-state index in [1.54, 1.807) is 6.20 Å². The molecule has 1 aromatic carbocycles. The molecule has 0 aliphatic rings. The molecule has 0 saturated carbocycles. The summed E-state index contributed by atoms with van der Waals surface area (Å²) in [7, 11) is 0. The first kappa shape index (κ1) is 14.0. The molecule has 0 unspecified atom stereocenters. The Hall–Kier alpha value is -1.05. The van der Waals surface area contributed by atoms with Gasteiger partial charge in [-0.25, -0.2) is 4.98 Å². The molecule has 0 spiro atoms. The van der Waals surface area contributed by atoms with Gasteiger partial charge in [-0.05, 0) is 31.0 Å². The summed E-state index contributed by atoms with van der Waals surface area (Å²) in [6.07, 6.45) is 1.64. The van der Waals surface area contributed by atoms with Crippen LogP contribution in [0.3, 0.4) is 0 Å². The maximum absolute atomic E-state index is 5.63. The minimum absolute atomic E-state index is 0.423. The van der Waals surface area contributed by atoms with Crippen molar-refractivity contribution in [3.8, 4) is 0 Å². The van der Waals surface area contributed by atoms with Gasteiger partial charge >= 0.3 is 0 Å². The van der Waals surface area contributed by atoms with Crippen molar-refractivity contribution in [1.29, 1.82) is 0 Å². The highest BCUT2D eigenvalue weighted by atomic mass is 35.5. The number of nitrogens with zero attached hydrogens (tertiary/aromatic N) is 1. The smallest absolute Gasteiger partial charge is 0.133 e. The van der Waals surface area contributed by atoms with Crippen molar-refractivity contribution in [2.45, 2.75) is 19.7 Å². The standard InChI is InChI=1S/C8H10.C6H5Cl2N/c1-7-5-3-4-6-8(7)2;7-4-5-2-1-3-9-6(5)8/h3-6H,1-2H3;1-3H,4H2. The van der Waals surface area contributed by atoms with Gasteiger partial charge in [0.05, 0.1) is 5.88 Å². The lowest BCUT2D eigenvalue weighted by atomic mass is 10.1. The number of aromatic nitrogens is 1. The molecular weight excluding hydrogens is 253 g/mol. The van der Waals surface area contributed by atoms with E-state index in [1.165, 1.54) is 11.1 Å². The van der Waals surface area contributed by atoms with E-state index in [1.807, 2.05) is 12.1 Å². The molecule has 0 saturated heterocycles. The number of halogens is 2. The predicted octanol–water partition coefficient (Wildman–Crippen LogP) is 4.78. The lowest BCUT2D eigenvalue weighted by Crippen LogP contribution is -1.81. The molecule has 0 aliphatic carbocycles. The molecule has 0 fully saturated rings. The SMILES string of the molecule is Cc1ccccc1C.ClCc1cccnc1Cl. The summed E-state index contributed by atoms with van der Waals surface area (Å²) in [4.78, 5) is 3.83. The summed E-state index contributed by atoms with van der Waals surface area (Å²) >= 11 is 11.1. The molecule has 1 aromatic heterocycles. The second-order valence-corrected chi connectivity index (χ2v) is 4.30. The summed E-state index contributed by atoms with van der Waals surface area (Å²) in [5.41, 5.74) is 3.61. The fourth-order valence-electron chi connectivity index (χ4n) is 1.18. The van der Waals surface area contributed by atoms with Gasteiger partial charge in [-0.15, -0.1) is 11.6 Å². The highest BCUT2D eigenvalue weighted by Crippen LogP contribution is 2.12. The van der Waals surface area contributed by atoms with Crippen molar-refractivity contribution in [1.82, 2.24) is 4.98 Å². The molecule has 2 rings (SSSR count). The first-order valence-corrected chi connectivity index (χ1v) is 6.24. The van der Waals surface area contributed by atoms with Crippen molar-refractivity contribution in [3.63, 3.8) is 0 Å². The number of alkyl halides is 1. The monoisotopic (exact) mass is 267 g/mol. The zero-order chi connectivity index (χ0) is 12.7. The average Bonchev–Trinajstić information content (AvgIpc) is 2.34. The van der Waals surface area contributed by atoms with Crippen LogP contribution in [0.2, 0.25) is 5.15 Å². The summed E-state index contributed by atoms with van der Waals surface area (Å²) in [6.45, 7) is 4.24. The number of hydrogen-bond acceptors (Lipinski definition) is 1. The largest absolute Gasteiger partial charge is 0.244 e. The Morgan fingerprint density at radius 1 is 1.00 bits per heavy atom. The Balaban J connectivity index is 0.000000171. The topological polar surface area (TPSA) is 12.9 Å². The number of rotatable bonds is 1. The molecule has 0 amide bonds. The number of aryl methyl sites for hydroxylation is 2. The summed E-state index contributed by atoms with van der Waals surface area (Å²) in [6, 6.07) is 12.0. The minimum Gasteiger partial charge on any atom is -0.244 e. The van der Waals surface area contributed by atoms with Gasteiger partial charge in [-0.2, -0.15) is 0 Å². The van der Waals surface area contributed by atoms with E-state index in [9.17, 15) is 0 Å². The third-order valence-corrected chi connectivity index (χ3v) is 3.03. The van der Waals surface area contributed by atoms with E-state index in [2.05, 4.69) is 43.1 Å². The predicted molar refractivity (Wildman–Crippen MR) is 74.7 cm³/mol. The molecule has 3 heteroatoms. The molecule has 2 aromatic rings. The Bertz CT molecular complexity index is 448. The molecule has 0 N–H and O–H groups in total. The lowest BCUT2D eigenvalue weighted by molar-refractivity contribution is 1.25. The van der Waals surface area contributed by atoms with Gasteiger partial charge in [0.25, 0.3) is 0 Å². The van der Waals surface area contributed by atoms with Crippen LogP contribution in [-0.2, 0) is 5.88 Å². The van der Waals surface area contributed by atoms with Gasteiger partial charge in [0, 0.05) is 11.8 Å². The summed E-state index contributed by atoms with van der Waals surface area (Å²) in [5, 5.41) is 0.493. The van der Waals surface area contributed by atoms with Gasteiger partial charge in [0.2, 0.25) is 0 Å². The van der Waals surface area contributed by atoms with Crippen molar-refractivity contribution in [2.75, 3.05) is 0 Å². The molecule has 1 heterocycles. The van der Waals surface area contributed by atoms with E-state index < -0.39 is 0 Å². The molecule has 0 radical (unpaired) electrons. The van der Waals surface area contributed by atoms with Crippen LogP contribution in [-0.4, -0.2) is 4.98 Å². The number of hydrogen-bond donors (Lipinski definition) is 0. The zero-order valence-electron chi connectivity index (χ0n) is 9.95. The lowest BCUT2D eigenvalue weighted by Gasteiger charge is -1.93. The molecular formula is C14H15Cl2N. The molecule has 1 nitrogen and oxygen atoms in total. The average molecular weight is 268 g/mol. The van der Waals surface area contributed by atoms with Gasteiger partial charge in [-0.1, -0.05) is 41.9 Å². The Labute approximate surface area is 112 Å². The molecule has 17 heavy (non-hydrogen) atoms. The first-order chi connectivity index (χ1) is 8.15. The normalized spacial score (nSPS) is 9.41. The fourth-order valence-corrected chi connectivity index (χ4v) is 1.65. The first-order valence-electron chi connectivity index (χ1n) is 5.32. The van der Waals surface area contributed by atoms with Gasteiger partial charge in [0.1, 0.15) is 5.15 Å². The van der Waals surface area contributed by atoms with Crippen molar-refractivity contribution in [2.24, 2.45) is 0 Å². The maximum atomic E-state index is 5.63. The van der Waals surface area contributed by atoms with E-state index in [-0.39, 0.29) is 0 Å². The van der Waals surface area contributed by atoms with E-state index in [0.29, 0.717) is 11.0 Å². The van der Waals surface area contributed by atoms with E-state index in [4.69, 9.17) is 23.2 Å². The molecule has 0 bridgehead atoms. The Kier molecular flexibility index (Phi) is 6.03. The van der Waals surface area contributed by atoms with Crippen LogP contribution in [0.4, 0.5) is 0 Å². The minimum atomic E-state index is 0.423. The van der Waals surface area contributed by atoms with E-state index in [0.717, 1.165) is 5.56 Å². The van der Waals surface area contributed by atoms with Crippen molar-refractivity contribution in [3.05, 3.63) is 64.4 Å². The Morgan fingerprint density at radius 2 is 1.59 bits per heavy atom. The summed E-state index contributed by atoms with van der Waals surface area (Å²) < 4.78 is 0. The van der Waals surface area contributed by atoms with Gasteiger partial charge in [-0.3, -0.25) is 0 Å². The van der Waals surface area contributed by atoms with E-state index >= 15 is 0 Å². The number of benzene rings is 1. The highest BCUT2D eigenvalue weighted by Gasteiger charge is 1.94. The highest BCUT2D eigenvalue weighted by molar-refractivity contribution is 6.31. The third kappa shape index (κ3) is 4.76. The van der Waals surface area contributed by atoms with Crippen LogP contribution >= 0.6 is 23.2 Å².